The summed E-state index contributed by atoms with van der Waals surface area (Å²) in [6.07, 6.45) is 3.97. The van der Waals surface area contributed by atoms with Gasteiger partial charge in [-0.3, -0.25) is 9.59 Å². The number of carbonyl (C=O) groups is 2. The Morgan fingerprint density at radius 1 is 1.29 bits per heavy atom. The average molecular weight is 330 g/mol. The second-order valence-electron chi connectivity index (χ2n) is 7.30. The lowest BCUT2D eigenvalue weighted by Gasteiger charge is -2.29. The predicted octanol–water partition coefficient (Wildman–Crippen LogP) is 1.76. The molecule has 1 heterocycles. The molecule has 0 bridgehead atoms. The van der Waals surface area contributed by atoms with Crippen molar-refractivity contribution < 1.29 is 14.7 Å². The van der Waals surface area contributed by atoms with Crippen molar-refractivity contribution in [3.05, 3.63) is 35.4 Å². The van der Waals surface area contributed by atoms with E-state index in [4.69, 9.17) is 0 Å². The number of benzene rings is 1. The topological polar surface area (TPSA) is 69.6 Å². The van der Waals surface area contributed by atoms with Gasteiger partial charge in [0.2, 0.25) is 11.8 Å². The highest BCUT2D eigenvalue weighted by atomic mass is 16.3. The van der Waals surface area contributed by atoms with Crippen molar-refractivity contribution >= 4 is 11.8 Å². The molecule has 1 aliphatic heterocycles. The van der Waals surface area contributed by atoms with Crippen LogP contribution in [0, 0.1) is 12.8 Å². The van der Waals surface area contributed by atoms with Crippen molar-refractivity contribution in [2.45, 2.75) is 51.1 Å². The molecule has 1 aromatic carbocycles. The molecule has 1 saturated heterocycles. The van der Waals surface area contributed by atoms with Gasteiger partial charge in [0.05, 0.1) is 18.1 Å². The zero-order valence-electron chi connectivity index (χ0n) is 14.3. The zero-order chi connectivity index (χ0) is 17.2. The van der Waals surface area contributed by atoms with Crippen molar-refractivity contribution in [3.63, 3.8) is 0 Å². The normalized spacial score (nSPS) is 22.8. The quantitative estimate of drug-likeness (QED) is 0.864. The first-order valence-electron chi connectivity index (χ1n) is 8.77. The standard InChI is InChI=1S/C19H26N2O3/c1-14-4-6-15(7-5-14)11-21-12-16(10-17(21)23)18(24)20-19(13-22)8-2-3-9-19/h4-7,16,22H,2-3,8-13H2,1H3,(H,20,24)/t16-/m1/s1. The van der Waals surface area contributed by atoms with Crippen LogP contribution in [0.2, 0.25) is 0 Å². The molecule has 0 aromatic heterocycles. The van der Waals surface area contributed by atoms with E-state index in [0.29, 0.717) is 13.1 Å². The zero-order valence-corrected chi connectivity index (χ0v) is 14.3. The highest BCUT2D eigenvalue weighted by molar-refractivity contribution is 5.89. The molecule has 5 nitrogen and oxygen atoms in total. The number of likely N-dealkylation sites (tertiary alicyclic amines) is 1. The molecule has 2 aliphatic rings. The van der Waals surface area contributed by atoms with Crippen LogP contribution in [0.5, 0.6) is 0 Å². The number of nitrogens with one attached hydrogen (secondary N) is 1. The summed E-state index contributed by atoms with van der Waals surface area (Å²) < 4.78 is 0. The molecule has 0 unspecified atom stereocenters. The summed E-state index contributed by atoms with van der Waals surface area (Å²) in [6.45, 7) is 3.02. The Morgan fingerprint density at radius 3 is 2.58 bits per heavy atom. The molecule has 3 rings (SSSR count). The van der Waals surface area contributed by atoms with Gasteiger partial charge in [-0.2, -0.15) is 0 Å². The van der Waals surface area contributed by atoms with Gasteiger partial charge in [0, 0.05) is 19.5 Å². The Labute approximate surface area is 143 Å². The lowest BCUT2D eigenvalue weighted by molar-refractivity contribution is -0.130. The van der Waals surface area contributed by atoms with Crippen molar-refractivity contribution in [2.24, 2.45) is 5.92 Å². The lowest BCUT2D eigenvalue weighted by Crippen LogP contribution is -2.51. The van der Waals surface area contributed by atoms with Crippen LogP contribution in [0.4, 0.5) is 0 Å². The third kappa shape index (κ3) is 3.61. The third-order valence-corrected chi connectivity index (χ3v) is 5.33. The van der Waals surface area contributed by atoms with Gasteiger partial charge in [0.1, 0.15) is 0 Å². The van der Waals surface area contributed by atoms with Gasteiger partial charge in [-0.25, -0.2) is 0 Å². The van der Waals surface area contributed by atoms with Gasteiger partial charge >= 0.3 is 0 Å². The first-order valence-corrected chi connectivity index (χ1v) is 8.77. The molecule has 0 radical (unpaired) electrons. The van der Waals surface area contributed by atoms with Gasteiger partial charge in [0.25, 0.3) is 0 Å². The fourth-order valence-electron chi connectivity index (χ4n) is 3.75. The Bertz CT molecular complexity index is 606. The van der Waals surface area contributed by atoms with Crippen LogP contribution in [0.3, 0.4) is 0 Å². The summed E-state index contributed by atoms with van der Waals surface area (Å²) in [5.41, 5.74) is 1.80. The number of aryl methyl sites for hydroxylation is 1. The summed E-state index contributed by atoms with van der Waals surface area (Å²) in [7, 11) is 0. The van der Waals surface area contributed by atoms with E-state index in [1.165, 1.54) is 5.56 Å². The largest absolute Gasteiger partial charge is 0.394 e. The SMILES string of the molecule is Cc1ccc(CN2C[C@H](C(=O)NC3(CO)CCCC3)CC2=O)cc1. The number of aliphatic hydroxyl groups excluding tert-OH is 1. The molecule has 5 heteroatoms. The Hall–Kier alpha value is -1.88. The monoisotopic (exact) mass is 330 g/mol. The van der Waals surface area contributed by atoms with Crippen LogP contribution >= 0.6 is 0 Å². The second kappa shape index (κ2) is 6.93. The van der Waals surface area contributed by atoms with Gasteiger partial charge in [-0.15, -0.1) is 0 Å². The van der Waals surface area contributed by atoms with E-state index in [0.717, 1.165) is 31.2 Å². The molecule has 2 fully saturated rings. The van der Waals surface area contributed by atoms with Crippen LogP contribution in [-0.4, -0.2) is 40.5 Å². The van der Waals surface area contributed by atoms with E-state index in [1.807, 2.05) is 31.2 Å². The summed E-state index contributed by atoms with van der Waals surface area (Å²) >= 11 is 0. The fraction of sp³-hybridized carbons (Fsp3) is 0.579. The molecular weight excluding hydrogens is 304 g/mol. The first-order chi connectivity index (χ1) is 11.5. The van der Waals surface area contributed by atoms with Crippen LogP contribution in [0.25, 0.3) is 0 Å². The first kappa shape index (κ1) is 17.0. The second-order valence-corrected chi connectivity index (χ2v) is 7.30. The Balaban J connectivity index is 1.59. The molecule has 130 valence electrons. The Kier molecular flexibility index (Phi) is 4.90. The number of amides is 2. The maximum absolute atomic E-state index is 12.6. The molecular formula is C19H26N2O3. The van der Waals surface area contributed by atoms with E-state index < -0.39 is 5.54 Å². The third-order valence-electron chi connectivity index (χ3n) is 5.33. The highest BCUT2D eigenvalue weighted by Gasteiger charge is 2.40. The van der Waals surface area contributed by atoms with Gasteiger partial charge in [-0.1, -0.05) is 42.7 Å². The van der Waals surface area contributed by atoms with Crippen molar-refractivity contribution in [1.82, 2.24) is 10.2 Å². The fourth-order valence-corrected chi connectivity index (χ4v) is 3.75. The summed E-state index contributed by atoms with van der Waals surface area (Å²) in [6, 6.07) is 8.11. The van der Waals surface area contributed by atoms with E-state index in [-0.39, 0.29) is 30.8 Å². The van der Waals surface area contributed by atoms with Crippen LogP contribution in [0.1, 0.15) is 43.2 Å². The molecule has 1 aliphatic carbocycles. The number of hydrogen-bond acceptors (Lipinski definition) is 3. The number of aliphatic hydroxyl groups is 1. The van der Waals surface area contributed by atoms with Crippen LogP contribution in [-0.2, 0) is 16.1 Å². The number of carbonyl (C=O) groups excluding carboxylic acids is 2. The number of hydrogen-bond donors (Lipinski definition) is 2. The van der Waals surface area contributed by atoms with Crippen LogP contribution in [0.15, 0.2) is 24.3 Å². The molecule has 1 aromatic rings. The minimum Gasteiger partial charge on any atom is -0.394 e. The summed E-state index contributed by atoms with van der Waals surface area (Å²) in [5, 5.41) is 12.7. The summed E-state index contributed by atoms with van der Waals surface area (Å²) in [4.78, 5) is 26.6. The van der Waals surface area contributed by atoms with Crippen LogP contribution < -0.4 is 5.32 Å². The van der Waals surface area contributed by atoms with E-state index in [2.05, 4.69) is 5.32 Å². The van der Waals surface area contributed by atoms with Crippen molar-refractivity contribution in [1.29, 1.82) is 0 Å². The number of nitrogens with zero attached hydrogens (tertiary/aromatic N) is 1. The molecule has 1 saturated carbocycles. The molecule has 2 N–H and O–H groups in total. The lowest BCUT2D eigenvalue weighted by atomic mass is 9.97. The van der Waals surface area contributed by atoms with Gasteiger partial charge < -0.3 is 15.3 Å². The maximum atomic E-state index is 12.6. The molecule has 0 spiro atoms. The highest BCUT2D eigenvalue weighted by Crippen LogP contribution is 2.30. The smallest absolute Gasteiger partial charge is 0.225 e. The Morgan fingerprint density at radius 2 is 1.96 bits per heavy atom. The van der Waals surface area contributed by atoms with Crippen molar-refractivity contribution in [2.75, 3.05) is 13.2 Å². The van der Waals surface area contributed by atoms with Crippen molar-refractivity contribution in [3.8, 4) is 0 Å². The molecule has 24 heavy (non-hydrogen) atoms. The van der Waals surface area contributed by atoms with E-state index in [1.54, 1.807) is 4.90 Å². The van der Waals surface area contributed by atoms with Gasteiger partial charge in [-0.05, 0) is 25.3 Å². The van der Waals surface area contributed by atoms with E-state index in [9.17, 15) is 14.7 Å². The van der Waals surface area contributed by atoms with E-state index >= 15 is 0 Å². The average Bonchev–Trinajstić information content (AvgIpc) is 3.18. The predicted molar refractivity (Wildman–Crippen MR) is 91.1 cm³/mol. The molecule has 2 amide bonds. The number of rotatable bonds is 5. The maximum Gasteiger partial charge on any atom is 0.225 e. The van der Waals surface area contributed by atoms with Gasteiger partial charge in [0.15, 0.2) is 0 Å². The minimum absolute atomic E-state index is 0.0213. The minimum atomic E-state index is -0.468. The summed E-state index contributed by atoms with van der Waals surface area (Å²) in [5.74, 6) is -0.377. The molecule has 1 atom stereocenters.